The van der Waals surface area contributed by atoms with Crippen LogP contribution in [-0.2, 0) is 9.59 Å². The van der Waals surface area contributed by atoms with Gasteiger partial charge in [-0.25, -0.2) is 0 Å². The van der Waals surface area contributed by atoms with Gasteiger partial charge in [0, 0.05) is 13.0 Å². The average molecular weight is 281 g/mol. The van der Waals surface area contributed by atoms with Crippen molar-refractivity contribution in [2.24, 2.45) is 0 Å². The molecule has 0 aliphatic rings. The predicted octanol–water partition coefficient (Wildman–Crippen LogP) is 1.45. The fourth-order valence-corrected chi connectivity index (χ4v) is 1.56. The molecule has 1 rings (SSSR count). The van der Waals surface area contributed by atoms with Crippen molar-refractivity contribution in [1.82, 2.24) is 5.32 Å². The van der Waals surface area contributed by atoms with Crippen molar-refractivity contribution >= 4 is 11.9 Å². The van der Waals surface area contributed by atoms with Crippen LogP contribution in [0, 0.1) is 0 Å². The molecule has 0 fully saturated rings. The summed E-state index contributed by atoms with van der Waals surface area (Å²) in [7, 11) is 1.53. The van der Waals surface area contributed by atoms with E-state index in [2.05, 4.69) is 5.32 Å². The van der Waals surface area contributed by atoms with E-state index in [-0.39, 0.29) is 18.9 Å². The van der Waals surface area contributed by atoms with E-state index in [4.69, 9.17) is 14.6 Å². The third-order valence-corrected chi connectivity index (χ3v) is 2.57. The smallest absolute Gasteiger partial charge is 0.303 e. The van der Waals surface area contributed by atoms with Crippen LogP contribution in [0.5, 0.6) is 11.5 Å². The molecule has 0 aromatic heterocycles. The first-order chi connectivity index (χ1) is 9.63. The van der Waals surface area contributed by atoms with Crippen molar-refractivity contribution < 1.29 is 24.2 Å². The monoisotopic (exact) mass is 281 g/mol. The standard InChI is InChI=1S/C14H19NO5/c1-19-11-6-2-3-7-12(11)20-10-13(16)15-9-5-4-8-14(17)18/h2-3,6-7H,4-5,8-10H2,1H3,(H,15,16)(H,17,18). The second-order valence-electron chi connectivity index (χ2n) is 4.14. The van der Waals surface area contributed by atoms with Crippen LogP contribution in [0.4, 0.5) is 0 Å². The van der Waals surface area contributed by atoms with Gasteiger partial charge in [0.15, 0.2) is 18.1 Å². The van der Waals surface area contributed by atoms with Crippen molar-refractivity contribution in [2.75, 3.05) is 20.3 Å². The SMILES string of the molecule is COc1ccccc1OCC(=O)NCCCCC(=O)O. The summed E-state index contributed by atoms with van der Waals surface area (Å²) in [4.78, 5) is 21.8. The molecule has 0 aliphatic heterocycles. The zero-order valence-electron chi connectivity index (χ0n) is 11.4. The summed E-state index contributed by atoms with van der Waals surface area (Å²) in [5, 5.41) is 11.1. The van der Waals surface area contributed by atoms with Crippen molar-refractivity contribution in [3.63, 3.8) is 0 Å². The quantitative estimate of drug-likeness (QED) is 0.669. The Bertz CT molecular complexity index is 447. The molecule has 110 valence electrons. The molecule has 20 heavy (non-hydrogen) atoms. The Hall–Kier alpha value is -2.24. The zero-order chi connectivity index (χ0) is 14.8. The Balaban J connectivity index is 2.21. The van der Waals surface area contributed by atoms with Crippen LogP contribution < -0.4 is 14.8 Å². The molecule has 0 unspecified atom stereocenters. The highest BCUT2D eigenvalue weighted by Crippen LogP contribution is 2.25. The van der Waals surface area contributed by atoms with E-state index in [1.165, 1.54) is 7.11 Å². The van der Waals surface area contributed by atoms with Gasteiger partial charge in [-0.1, -0.05) is 12.1 Å². The highest BCUT2D eigenvalue weighted by atomic mass is 16.5. The molecule has 0 aliphatic carbocycles. The number of carboxylic acid groups (broad SMARTS) is 1. The maximum absolute atomic E-state index is 11.5. The normalized spacial score (nSPS) is 9.85. The van der Waals surface area contributed by atoms with Gasteiger partial charge < -0.3 is 19.9 Å². The summed E-state index contributed by atoms with van der Waals surface area (Å²) in [6, 6.07) is 7.08. The Labute approximate surface area is 117 Å². The summed E-state index contributed by atoms with van der Waals surface area (Å²) in [6.45, 7) is 0.348. The highest BCUT2D eigenvalue weighted by Gasteiger charge is 2.06. The summed E-state index contributed by atoms with van der Waals surface area (Å²) < 4.78 is 10.5. The van der Waals surface area contributed by atoms with Gasteiger partial charge in [-0.3, -0.25) is 9.59 Å². The van der Waals surface area contributed by atoms with Gasteiger partial charge in [-0.05, 0) is 25.0 Å². The number of aliphatic carboxylic acids is 1. The van der Waals surface area contributed by atoms with Crippen LogP contribution in [0.3, 0.4) is 0 Å². The van der Waals surface area contributed by atoms with Crippen LogP contribution in [0.2, 0.25) is 0 Å². The van der Waals surface area contributed by atoms with Crippen molar-refractivity contribution in [3.8, 4) is 11.5 Å². The summed E-state index contributed by atoms with van der Waals surface area (Å²) in [5.74, 6) is 0.0137. The van der Waals surface area contributed by atoms with Gasteiger partial charge >= 0.3 is 5.97 Å². The third kappa shape index (κ3) is 6.08. The Kier molecular flexibility index (Phi) is 6.95. The van der Waals surface area contributed by atoms with Gasteiger partial charge in [0.05, 0.1) is 7.11 Å². The van der Waals surface area contributed by atoms with E-state index in [9.17, 15) is 9.59 Å². The molecule has 1 amide bonds. The molecular weight excluding hydrogens is 262 g/mol. The van der Waals surface area contributed by atoms with Crippen molar-refractivity contribution in [1.29, 1.82) is 0 Å². The molecule has 6 heteroatoms. The van der Waals surface area contributed by atoms with E-state index in [1.807, 2.05) is 6.07 Å². The van der Waals surface area contributed by atoms with Crippen LogP contribution in [0.1, 0.15) is 19.3 Å². The first-order valence-electron chi connectivity index (χ1n) is 6.38. The topological polar surface area (TPSA) is 84.9 Å². The second-order valence-corrected chi connectivity index (χ2v) is 4.14. The van der Waals surface area contributed by atoms with Crippen LogP contribution >= 0.6 is 0 Å². The number of carboxylic acids is 1. The number of methoxy groups -OCH3 is 1. The lowest BCUT2D eigenvalue weighted by molar-refractivity contribution is -0.137. The minimum atomic E-state index is -0.823. The lowest BCUT2D eigenvalue weighted by Gasteiger charge is -2.10. The zero-order valence-corrected chi connectivity index (χ0v) is 11.4. The molecule has 0 atom stereocenters. The van der Waals surface area contributed by atoms with Gasteiger partial charge in [0.2, 0.25) is 0 Å². The first-order valence-corrected chi connectivity index (χ1v) is 6.38. The molecular formula is C14H19NO5. The number of amides is 1. The van der Waals surface area contributed by atoms with E-state index < -0.39 is 5.97 Å². The fourth-order valence-electron chi connectivity index (χ4n) is 1.56. The number of ether oxygens (including phenoxy) is 2. The maximum atomic E-state index is 11.5. The highest BCUT2D eigenvalue weighted by molar-refractivity contribution is 5.77. The third-order valence-electron chi connectivity index (χ3n) is 2.57. The van der Waals surface area contributed by atoms with E-state index in [1.54, 1.807) is 18.2 Å². The lowest BCUT2D eigenvalue weighted by atomic mass is 10.2. The Morgan fingerprint density at radius 2 is 1.90 bits per heavy atom. The number of carbonyl (C=O) groups excluding carboxylic acids is 1. The van der Waals surface area contributed by atoms with Crippen LogP contribution in [0.15, 0.2) is 24.3 Å². The Morgan fingerprint density at radius 1 is 1.20 bits per heavy atom. The number of nitrogens with one attached hydrogen (secondary N) is 1. The van der Waals surface area contributed by atoms with Crippen molar-refractivity contribution in [2.45, 2.75) is 19.3 Å². The number of rotatable bonds is 9. The Morgan fingerprint density at radius 3 is 2.55 bits per heavy atom. The largest absolute Gasteiger partial charge is 0.493 e. The maximum Gasteiger partial charge on any atom is 0.303 e. The predicted molar refractivity (Wildman–Crippen MR) is 73.0 cm³/mol. The van der Waals surface area contributed by atoms with Gasteiger partial charge in [-0.2, -0.15) is 0 Å². The van der Waals surface area contributed by atoms with Gasteiger partial charge in [0.25, 0.3) is 5.91 Å². The average Bonchev–Trinajstić information content (AvgIpc) is 2.44. The minimum absolute atomic E-state index is 0.0979. The summed E-state index contributed by atoms with van der Waals surface area (Å²) in [6.07, 6.45) is 1.29. The van der Waals surface area contributed by atoms with E-state index in [0.29, 0.717) is 30.9 Å². The molecule has 0 saturated carbocycles. The van der Waals surface area contributed by atoms with Gasteiger partial charge in [-0.15, -0.1) is 0 Å². The number of hydrogen-bond acceptors (Lipinski definition) is 4. The number of benzene rings is 1. The molecule has 2 N–H and O–H groups in total. The second kappa shape index (κ2) is 8.79. The molecule has 1 aromatic rings. The molecule has 6 nitrogen and oxygen atoms in total. The number of carbonyl (C=O) groups is 2. The number of unbranched alkanes of at least 4 members (excludes halogenated alkanes) is 1. The van der Waals surface area contributed by atoms with E-state index in [0.717, 1.165) is 0 Å². The summed E-state index contributed by atoms with van der Waals surface area (Å²) in [5.41, 5.74) is 0. The summed E-state index contributed by atoms with van der Waals surface area (Å²) >= 11 is 0. The molecule has 0 spiro atoms. The van der Waals surface area contributed by atoms with Gasteiger partial charge in [0.1, 0.15) is 0 Å². The minimum Gasteiger partial charge on any atom is -0.493 e. The molecule has 0 radical (unpaired) electrons. The first kappa shape index (κ1) is 15.8. The molecule has 0 saturated heterocycles. The van der Waals surface area contributed by atoms with Crippen molar-refractivity contribution in [3.05, 3.63) is 24.3 Å². The molecule has 0 bridgehead atoms. The number of para-hydroxylation sites is 2. The molecule has 1 aromatic carbocycles. The fraction of sp³-hybridized carbons (Fsp3) is 0.429. The van der Waals surface area contributed by atoms with Crippen LogP contribution in [-0.4, -0.2) is 37.2 Å². The lowest BCUT2D eigenvalue weighted by Crippen LogP contribution is -2.29. The number of hydrogen-bond donors (Lipinski definition) is 2. The van der Waals surface area contributed by atoms with Crippen LogP contribution in [0.25, 0.3) is 0 Å². The van der Waals surface area contributed by atoms with E-state index >= 15 is 0 Å². The molecule has 0 heterocycles.